The lowest BCUT2D eigenvalue weighted by Crippen LogP contribution is -1.94. The first-order chi connectivity index (χ1) is 6.27. The van der Waals surface area contributed by atoms with E-state index in [1.807, 2.05) is 32.2 Å². The van der Waals surface area contributed by atoms with Crippen molar-refractivity contribution >= 4 is 0 Å². The standard InChI is InChI=1S/C10H11N3/c1-7-6-12-8(2)10(13-7)9-4-3-5-11-9/h3-6,11H,1-2H3. The Balaban J connectivity index is 2.57. The Morgan fingerprint density at radius 1 is 1.31 bits per heavy atom. The van der Waals surface area contributed by atoms with E-state index in [0.717, 1.165) is 22.8 Å². The normalized spacial score (nSPS) is 10.3. The first kappa shape index (κ1) is 7.98. The summed E-state index contributed by atoms with van der Waals surface area (Å²) in [4.78, 5) is 11.8. The Morgan fingerprint density at radius 3 is 2.85 bits per heavy atom. The molecule has 0 aliphatic rings. The van der Waals surface area contributed by atoms with Gasteiger partial charge in [-0.15, -0.1) is 0 Å². The third kappa shape index (κ3) is 1.45. The van der Waals surface area contributed by atoms with Gasteiger partial charge in [0.2, 0.25) is 0 Å². The van der Waals surface area contributed by atoms with Crippen molar-refractivity contribution in [3.05, 3.63) is 35.9 Å². The fourth-order valence-electron chi connectivity index (χ4n) is 1.27. The molecule has 3 heteroatoms. The monoisotopic (exact) mass is 173 g/mol. The van der Waals surface area contributed by atoms with Crippen molar-refractivity contribution in [3.8, 4) is 11.4 Å². The van der Waals surface area contributed by atoms with E-state index in [1.54, 1.807) is 6.20 Å². The van der Waals surface area contributed by atoms with E-state index in [9.17, 15) is 0 Å². The molecule has 0 radical (unpaired) electrons. The summed E-state index contributed by atoms with van der Waals surface area (Å²) in [5.74, 6) is 0. The number of aryl methyl sites for hydroxylation is 2. The van der Waals surface area contributed by atoms with E-state index in [2.05, 4.69) is 15.0 Å². The van der Waals surface area contributed by atoms with Gasteiger partial charge in [-0.2, -0.15) is 0 Å². The molecule has 0 fully saturated rings. The maximum Gasteiger partial charge on any atom is 0.108 e. The number of hydrogen-bond acceptors (Lipinski definition) is 2. The predicted octanol–water partition coefficient (Wildman–Crippen LogP) is 2.09. The average Bonchev–Trinajstić information content (AvgIpc) is 2.61. The van der Waals surface area contributed by atoms with Gasteiger partial charge in [0.05, 0.1) is 17.1 Å². The predicted molar refractivity (Wildman–Crippen MR) is 51.3 cm³/mol. The molecule has 1 N–H and O–H groups in total. The summed E-state index contributed by atoms with van der Waals surface area (Å²) >= 11 is 0. The van der Waals surface area contributed by atoms with Crippen molar-refractivity contribution < 1.29 is 0 Å². The minimum absolute atomic E-state index is 0.935. The highest BCUT2D eigenvalue weighted by Gasteiger charge is 2.04. The summed E-state index contributed by atoms with van der Waals surface area (Å²) in [6, 6.07) is 3.95. The van der Waals surface area contributed by atoms with E-state index >= 15 is 0 Å². The largest absolute Gasteiger partial charge is 0.360 e. The highest BCUT2D eigenvalue weighted by atomic mass is 14.8. The zero-order chi connectivity index (χ0) is 9.26. The van der Waals surface area contributed by atoms with Crippen LogP contribution in [0, 0.1) is 13.8 Å². The summed E-state index contributed by atoms with van der Waals surface area (Å²) in [5, 5.41) is 0. The van der Waals surface area contributed by atoms with Gasteiger partial charge in [-0.05, 0) is 26.0 Å². The summed E-state index contributed by atoms with van der Waals surface area (Å²) in [6.45, 7) is 3.90. The van der Waals surface area contributed by atoms with Crippen LogP contribution in [0.4, 0.5) is 0 Å². The van der Waals surface area contributed by atoms with Gasteiger partial charge in [0.1, 0.15) is 5.69 Å². The van der Waals surface area contributed by atoms with Crippen LogP contribution in [0.25, 0.3) is 11.4 Å². The molecule has 0 aliphatic carbocycles. The van der Waals surface area contributed by atoms with Crippen LogP contribution in [-0.2, 0) is 0 Å². The molecule has 3 nitrogen and oxygen atoms in total. The second kappa shape index (κ2) is 3.01. The molecular formula is C10H11N3. The quantitative estimate of drug-likeness (QED) is 0.717. The summed E-state index contributed by atoms with van der Waals surface area (Å²) in [6.07, 6.45) is 3.67. The fourth-order valence-corrected chi connectivity index (χ4v) is 1.27. The number of aromatic nitrogens is 3. The van der Waals surface area contributed by atoms with Crippen molar-refractivity contribution in [2.75, 3.05) is 0 Å². The van der Waals surface area contributed by atoms with Crippen LogP contribution in [0.3, 0.4) is 0 Å². The number of hydrogen-bond donors (Lipinski definition) is 1. The molecular weight excluding hydrogens is 162 g/mol. The van der Waals surface area contributed by atoms with Crippen LogP contribution >= 0.6 is 0 Å². The Bertz CT molecular complexity index is 404. The Hall–Kier alpha value is -1.64. The van der Waals surface area contributed by atoms with Crippen LogP contribution in [0.15, 0.2) is 24.5 Å². The van der Waals surface area contributed by atoms with E-state index in [1.165, 1.54) is 0 Å². The first-order valence-electron chi connectivity index (χ1n) is 4.21. The van der Waals surface area contributed by atoms with E-state index in [4.69, 9.17) is 0 Å². The molecule has 2 heterocycles. The molecule has 0 spiro atoms. The van der Waals surface area contributed by atoms with Gasteiger partial charge in [-0.1, -0.05) is 0 Å². The zero-order valence-corrected chi connectivity index (χ0v) is 7.70. The van der Waals surface area contributed by atoms with E-state index in [-0.39, 0.29) is 0 Å². The molecule has 0 bridgehead atoms. The highest BCUT2D eigenvalue weighted by Crippen LogP contribution is 2.16. The Morgan fingerprint density at radius 2 is 2.15 bits per heavy atom. The van der Waals surface area contributed by atoms with Crippen LogP contribution in [-0.4, -0.2) is 15.0 Å². The van der Waals surface area contributed by atoms with Gasteiger partial charge < -0.3 is 4.98 Å². The Labute approximate surface area is 76.9 Å². The van der Waals surface area contributed by atoms with Crippen LogP contribution in [0.5, 0.6) is 0 Å². The summed E-state index contributed by atoms with van der Waals surface area (Å²) in [7, 11) is 0. The van der Waals surface area contributed by atoms with Gasteiger partial charge >= 0.3 is 0 Å². The second-order valence-electron chi connectivity index (χ2n) is 3.03. The number of H-pyrrole nitrogens is 1. The first-order valence-corrected chi connectivity index (χ1v) is 4.21. The molecule has 0 saturated heterocycles. The number of nitrogens with one attached hydrogen (secondary N) is 1. The van der Waals surface area contributed by atoms with Gasteiger partial charge in [-0.3, -0.25) is 4.98 Å². The molecule has 0 saturated carbocycles. The van der Waals surface area contributed by atoms with Gasteiger partial charge in [0.25, 0.3) is 0 Å². The number of aromatic amines is 1. The molecule has 2 aromatic heterocycles. The smallest absolute Gasteiger partial charge is 0.108 e. The summed E-state index contributed by atoms with van der Waals surface area (Å²) < 4.78 is 0. The van der Waals surface area contributed by atoms with Crippen molar-refractivity contribution in [1.29, 1.82) is 0 Å². The maximum absolute atomic E-state index is 4.42. The molecule has 0 atom stereocenters. The third-order valence-corrected chi connectivity index (χ3v) is 1.93. The highest BCUT2D eigenvalue weighted by molar-refractivity contribution is 5.56. The SMILES string of the molecule is Cc1cnc(C)c(-c2ccc[nH]2)n1. The number of rotatable bonds is 1. The minimum atomic E-state index is 0.935. The summed E-state index contributed by atoms with van der Waals surface area (Å²) in [5.41, 5.74) is 3.85. The molecule has 0 unspecified atom stereocenters. The molecule has 66 valence electrons. The van der Waals surface area contributed by atoms with Crippen molar-refractivity contribution in [3.63, 3.8) is 0 Å². The van der Waals surface area contributed by atoms with Crippen molar-refractivity contribution in [1.82, 2.24) is 15.0 Å². The fraction of sp³-hybridized carbons (Fsp3) is 0.200. The molecule has 2 aromatic rings. The topological polar surface area (TPSA) is 41.6 Å². The molecule has 0 aromatic carbocycles. The third-order valence-electron chi connectivity index (χ3n) is 1.93. The van der Waals surface area contributed by atoms with E-state index < -0.39 is 0 Å². The lowest BCUT2D eigenvalue weighted by atomic mass is 10.2. The maximum atomic E-state index is 4.42. The molecule has 13 heavy (non-hydrogen) atoms. The van der Waals surface area contributed by atoms with Gasteiger partial charge in [0, 0.05) is 12.4 Å². The number of nitrogens with zero attached hydrogens (tertiary/aromatic N) is 2. The Kier molecular flexibility index (Phi) is 1.85. The molecule has 2 rings (SSSR count). The zero-order valence-electron chi connectivity index (χ0n) is 7.70. The van der Waals surface area contributed by atoms with Gasteiger partial charge in [-0.25, -0.2) is 4.98 Å². The average molecular weight is 173 g/mol. The van der Waals surface area contributed by atoms with Crippen molar-refractivity contribution in [2.45, 2.75) is 13.8 Å². The van der Waals surface area contributed by atoms with Crippen LogP contribution in [0.2, 0.25) is 0 Å². The van der Waals surface area contributed by atoms with Crippen molar-refractivity contribution in [2.24, 2.45) is 0 Å². The molecule has 0 amide bonds. The van der Waals surface area contributed by atoms with Crippen LogP contribution in [0.1, 0.15) is 11.4 Å². The van der Waals surface area contributed by atoms with Crippen LogP contribution < -0.4 is 0 Å². The minimum Gasteiger partial charge on any atom is -0.360 e. The second-order valence-corrected chi connectivity index (χ2v) is 3.03. The lowest BCUT2D eigenvalue weighted by Gasteiger charge is -2.02. The van der Waals surface area contributed by atoms with Gasteiger partial charge in [0.15, 0.2) is 0 Å². The lowest BCUT2D eigenvalue weighted by molar-refractivity contribution is 1.06. The molecule has 0 aliphatic heterocycles. The van der Waals surface area contributed by atoms with E-state index in [0.29, 0.717) is 0 Å².